The molecule has 3 rings (SSSR count). The average Bonchev–Trinajstić information content (AvgIpc) is 2.68. The van der Waals surface area contributed by atoms with Crippen LogP contribution in [0.5, 0.6) is 5.75 Å². The Bertz CT molecular complexity index is 856. The lowest BCUT2D eigenvalue weighted by Crippen LogP contribution is -2.09. The van der Waals surface area contributed by atoms with Gasteiger partial charge in [0, 0.05) is 24.3 Å². The second kappa shape index (κ2) is 9.06. The fraction of sp³-hybridized carbons (Fsp3) is 0.200. The number of methoxy groups -OCH3 is 1. The summed E-state index contributed by atoms with van der Waals surface area (Å²) in [6.45, 7) is 1.35. The summed E-state index contributed by atoms with van der Waals surface area (Å²) in [5.74, 6) is 2.22. The number of aromatic nitrogens is 2. The molecule has 0 saturated heterocycles. The standard InChI is InChI=1S/C20H21ClN4O/c1-26-17-7-4-5-15(13-17)9-11-22-19-10-12-23-20(25-19)24-14-16-6-2-3-8-18(16)21/h2-8,10,12-13H,9,11,14H2,1H3,(H2,22,23,24,25). The maximum absolute atomic E-state index is 6.17. The minimum atomic E-state index is 0.566. The quantitative estimate of drug-likeness (QED) is 0.617. The van der Waals surface area contributed by atoms with E-state index in [1.54, 1.807) is 13.3 Å². The van der Waals surface area contributed by atoms with E-state index in [9.17, 15) is 0 Å². The Kier molecular flexibility index (Phi) is 6.28. The van der Waals surface area contributed by atoms with Crippen LogP contribution in [-0.2, 0) is 13.0 Å². The molecule has 0 bridgehead atoms. The lowest BCUT2D eigenvalue weighted by Gasteiger charge is -2.09. The molecular formula is C20H21ClN4O. The molecule has 26 heavy (non-hydrogen) atoms. The third-order valence-electron chi connectivity index (χ3n) is 3.90. The Morgan fingerprint density at radius 3 is 2.77 bits per heavy atom. The molecule has 0 radical (unpaired) electrons. The molecule has 134 valence electrons. The van der Waals surface area contributed by atoms with Gasteiger partial charge in [0.1, 0.15) is 11.6 Å². The molecule has 2 N–H and O–H groups in total. The van der Waals surface area contributed by atoms with Gasteiger partial charge in [-0.2, -0.15) is 4.98 Å². The lowest BCUT2D eigenvalue weighted by atomic mass is 10.1. The SMILES string of the molecule is COc1cccc(CCNc2ccnc(NCc3ccccc3Cl)n2)c1. The van der Waals surface area contributed by atoms with E-state index in [0.717, 1.165) is 35.1 Å². The van der Waals surface area contributed by atoms with E-state index in [1.807, 2.05) is 48.5 Å². The highest BCUT2D eigenvalue weighted by molar-refractivity contribution is 6.31. The van der Waals surface area contributed by atoms with Crippen molar-refractivity contribution in [2.45, 2.75) is 13.0 Å². The maximum atomic E-state index is 6.17. The van der Waals surface area contributed by atoms with E-state index in [0.29, 0.717) is 12.5 Å². The molecule has 0 aliphatic carbocycles. The number of hydrogen-bond acceptors (Lipinski definition) is 5. The number of nitrogens with zero attached hydrogens (tertiary/aromatic N) is 2. The van der Waals surface area contributed by atoms with Crippen molar-refractivity contribution in [2.75, 3.05) is 24.3 Å². The second-order valence-corrected chi connectivity index (χ2v) is 6.15. The summed E-state index contributed by atoms with van der Waals surface area (Å²) < 4.78 is 5.25. The summed E-state index contributed by atoms with van der Waals surface area (Å²) in [6, 6.07) is 17.6. The molecule has 0 spiro atoms. The molecule has 0 saturated carbocycles. The number of nitrogens with one attached hydrogen (secondary N) is 2. The molecule has 0 unspecified atom stereocenters. The van der Waals surface area contributed by atoms with E-state index in [-0.39, 0.29) is 0 Å². The first-order valence-electron chi connectivity index (χ1n) is 8.42. The fourth-order valence-electron chi connectivity index (χ4n) is 2.52. The summed E-state index contributed by atoms with van der Waals surface area (Å²) in [6.07, 6.45) is 2.61. The first kappa shape index (κ1) is 18.0. The van der Waals surface area contributed by atoms with Gasteiger partial charge in [-0.25, -0.2) is 4.98 Å². The lowest BCUT2D eigenvalue weighted by molar-refractivity contribution is 0.414. The summed E-state index contributed by atoms with van der Waals surface area (Å²) in [5, 5.41) is 7.25. The molecule has 0 fully saturated rings. The maximum Gasteiger partial charge on any atom is 0.224 e. The van der Waals surface area contributed by atoms with Crippen LogP contribution in [0.15, 0.2) is 60.8 Å². The smallest absolute Gasteiger partial charge is 0.224 e. The number of anilines is 2. The van der Waals surface area contributed by atoms with Crippen molar-refractivity contribution in [3.63, 3.8) is 0 Å². The van der Waals surface area contributed by atoms with E-state index < -0.39 is 0 Å². The number of hydrogen-bond donors (Lipinski definition) is 2. The minimum Gasteiger partial charge on any atom is -0.497 e. The number of ether oxygens (including phenoxy) is 1. The minimum absolute atomic E-state index is 0.566. The average molecular weight is 369 g/mol. The van der Waals surface area contributed by atoms with Crippen LogP contribution in [0.2, 0.25) is 5.02 Å². The second-order valence-electron chi connectivity index (χ2n) is 5.74. The molecule has 6 heteroatoms. The van der Waals surface area contributed by atoms with Crippen LogP contribution in [0.4, 0.5) is 11.8 Å². The molecular weight excluding hydrogens is 348 g/mol. The molecule has 5 nitrogen and oxygen atoms in total. The van der Waals surface area contributed by atoms with Crippen LogP contribution >= 0.6 is 11.6 Å². The zero-order chi connectivity index (χ0) is 18.2. The van der Waals surface area contributed by atoms with Gasteiger partial charge in [0.05, 0.1) is 7.11 Å². The zero-order valence-corrected chi connectivity index (χ0v) is 15.3. The van der Waals surface area contributed by atoms with E-state index >= 15 is 0 Å². The normalized spacial score (nSPS) is 10.4. The van der Waals surface area contributed by atoms with Crippen molar-refractivity contribution < 1.29 is 4.74 Å². The Morgan fingerprint density at radius 1 is 1.04 bits per heavy atom. The van der Waals surface area contributed by atoms with Gasteiger partial charge in [-0.15, -0.1) is 0 Å². The molecule has 1 aromatic heterocycles. The van der Waals surface area contributed by atoms with Gasteiger partial charge in [0.25, 0.3) is 0 Å². The Morgan fingerprint density at radius 2 is 1.92 bits per heavy atom. The van der Waals surface area contributed by atoms with Crippen LogP contribution in [0.25, 0.3) is 0 Å². The Balaban J connectivity index is 1.53. The Hall–Kier alpha value is -2.79. The van der Waals surface area contributed by atoms with Crippen molar-refractivity contribution >= 4 is 23.4 Å². The molecule has 0 atom stereocenters. The zero-order valence-electron chi connectivity index (χ0n) is 14.6. The topological polar surface area (TPSA) is 59.1 Å². The number of rotatable bonds is 8. The number of halogens is 1. The summed E-state index contributed by atoms with van der Waals surface area (Å²) in [4.78, 5) is 8.73. The van der Waals surface area contributed by atoms with Crippen molar-refractivity contribution in [3.8, 4) is 5.75 Å². The van der Waals surface area contributed by atoms with Gasteiger partial charge in [-0.1, -0.05) is 41.9 Å². The summed E-state index contributed by atoms with van der Waals surface area (Å²) in [5.41, 5.74) is 2.22. The highest BCUT2D eigenvalue weighted by Gasteiger charge is 2.02. The molecule has 0 aliphatic heterocycles. The van der Waals surface area contributed by atoms with Gasteiger partial charge in [-0.3, -0.25) is 0 Å². The third-order valence-corrected chi connectivity index (χ3v) is 4.27. The predicted octanol–water partition coefficient (Wildman–Crippen LogP) is 4.41. The van der Waals surface area contributed by atoms with Gasteiger partial charge >= 0.3 is 0 Å². The number of benzene rings is 2. The van der Waals surface area contributed by atoms with Gasteiger partial charge in [0.2, 0.25) is 5.95 Å². The first-order valence-corrected chi connectivity index (χ1v) is 8.79. The summed E-state index contributed by atoms with van der Waals surface area (Å²) >= 11 is 6.17. The van der Waals surface area contributed by atoms with E-state index in [2.05, 4.69) is 26.7 Å². The third kappa shape index (κ3) is 5.10. The van der Waals surface area contributed by atoms with Crippen LogP contribution in [0.1, 0.15) is 11.1 Å². The van der Waals surface area contributed by atoms with Crippen LogP contribution in [0.3, 0.4) is 0 Å². The highest BCUT2D eigenvalue weighted by Crippen LogP contribution is 2.16. The highest BCUT2D eigenvalue weighted by atomic mass is 35.5. The largest absolute Gasteiger partial charge is 0.497 e. The monoisotopic (exact) mass is 368 g/mol. The van der Waals surface area contributed by atoms with Gasteiger partial charge in [0.15, 0.2) is 0 Å². The molecule has 0 amide bonds. The molecule has 3 aromatic rings. The molecule has 1 heterocycles. The van der Waals surface area contributed by atoms with E-state index in [4.69, 9.17) is 16.3 Å². The molecule has 2 aromatic carbocycles. The summed E-state index contributed by atoms with van der Waals surface area (Å²) in [7, 11) is 1.68. The predicted molar refractivity (Wildman–Crippen MR) is 106 cm³/mol. The van der Waals surface area contributed by atoms with Crippen LogP contribution in [-0.4, -0.2) is 23.6 Å². The van der Waals surface area contributed by atoms with Crippen LogP contribution in [0, 0.1) is 0 Å². The van der Waals surface area contributed by atoms with Crippen LogP contribution < -0.4 is 15.4 Å². The first-order chi connectivity index (χ1) is 12.7. The van der Waals surface area contributed by atoms with Crippen molar-refractivity contribution in [1.82, 2.24) is 9.97 Å². The van der Waals surface area contributed by atoms with Crippen molar-refractivity contribution in [1.29, 1.82) is 0 Å². The van der Waals surface area contributed by atoms with E-state index in [1.165, 1.54) is 5.56 Å². The van der Waals surface area contributed by atoms with Gasteiger partial charge in [-0.05, 0) is 41.8 Å². The van der Waals surface area contributed by atoms with Crippen molar-refractivity contribution in [3.05, 3.63) is 76.9 Å². The van der Waals surface area contributed by atoms with Crippen molar-refractivity contribution in [2.24, 2.45) is 0 Å². The fourth-order valence-corrected chi connectivity index (χ4v) is 2.72. The Labute approximate surface area is 158 Å². The van der Waals surface area contributed by atoms with Gasteiger partial charge < -0.3 is 15.4 Å². The molecule has 0 aliphatic rings.